The Morgan fingerprint density at radius 1 is 1.47 bits per heavy atom. The van der Waals surface area contributed by atoms with Crippen LogP contribution in [0.25, 0.3) is 0 Å². The number of amides is 1. The van der Waals surface area contributed by atoms with E-state index >= 15 is 0 Å². The summed E-state index contributed by atoms with van der Waals surface area (Å²) in [6, 6.07) is 3.89. The summed E-state index contributed by atoms with van der Waals surface area (Å²) in [7, 11) is 0. The molecule has 0 radical (unpaired) electrons. The fourth-order valence-electron chi connectivity index (χ4n) is 2.43. The minimum absolute atomic E-state index is 0.0434. The molecule has 0 aromatic heterocycles. The molecule has 1 aromatic carbocycles. The van der Waals surface area contributed by atoms with Gasteiger partial charge >= 0.3 is 0 Å². The van der Waals surface area contributed by atoms with Gasteiger partial charge in [0.25, 0.3) is 5.91 Å². The Hall–Kier alpha value is -1.62. The number of nitrogens with one attached hydrogen (secondary N) is 1. The normalized spacial score (nSPS) is 16.6. The Kier molecular flexibility index (Phi) is 4.37. The second-order valence-corrected chi connectivity index (χ2v) is 4.79. The minimum atomic E-state index is -0.510. The average molecular weight is 266 g/mol. The number of benzene rings is 1. The highest BCUT2D eigenvalue weighted by Gasteiger charge is 2.24. The van der Waals surface area contributed by atoms with Crippen molar-refractivity contribution >= 4 is 5.91 Å². The number of rotatable bonds is 3. The molecule has 5 heteroatoms. The Balaban J connectivity index is 2.03. The molecule has 1 aliphatic rings. The predicted molar refractivity (Wildman–Crippen MR) is 70.7 cm³/mol. The van der Waals surface area contributed by atoms with Crippen molar-refractivity contribution in [1.29, 1.82) is 0 Å². The predicted octanol–water partition coefficient (Wildman–Crippen LogP) is 1.75. The van der Waals surface area contributed by atoms with Crippen LogP contribution in [0.2, 0.25) is 0 Å². The fourth-order valence-corrected chi connectivity index (χ4v) is 2.43. The summed E-state index contributed by atoms with van der Waals surface area (Å²) < 4.78 is 13.1. The molecule has 1 aromatic rings. The van der Waals surface area contributed by atoms with Gasteiger partial charge in [-0.2, -0.15) is 0 Å². The van der Waals surface area contributed by atoms with E-state index in [1.165, 1.54) is 6.07 Å². The Labute approximate surface area is 112 Å². The summed E-state index contributed by atoms with van der Waals surface area (Å²) in [4.78, 5) is 13.9. The fraction of sp³-hybridized carbons (Fsp3) is 0.500. The number of piperidine rings is 1. The molecule has 1 fully saturated rings. The number of aromatic hydroxyl groups is 1. The highest BCUT2D eigenvalue weighted by atomic mass is 19.1. The topological polar surface area (TPSA) is 52.6 Å². The molecule has 0 spiro atoms. The third kappa shape index (κ3) is 3.23. The van der Waals surface area contributed by atoms with E-state index < -0.39 is 5.82 Å². The first kappa shape index (κ1) is 13.8. The van der Waals surface area contributed by atoms with E-state index in [9.17, 15) is 14.3 Å². The Morgan fingerprint density at radius 3 is 2.79 bits per heavy atom. The van der Waals surface area contributed by atoms with Crippen molar-refractivity contribution in [2.24, 2.45) is 0 Å². The summed E-state index contributed by atoms with van der Waals surface area (Å²) in [5.41, 5.74) is 0.0434. The van der Waals surface area contributed by atoms with Crippen LogP contribution >= 0.6 is 0 Å². The molecule has 19 heavy (non-hydrogen) atoms. The van der Waals surface area contributed by atoms with Crippen molar-refractivity contribution in [3.05, 3.63) is 29.6 Å². The van der Waals surface area contributed by atoms with E-state index in [1.54, 1.807) is 4.90 Å². The average Bonchev–Trinajstić information content (AvgIpc) is 2.42. The van der Waals surface area contributed by atoms with Gasteiger partial charge in [-0.25, -0.2) is 4.39 Å². The van der Waals surface area contributed by atoms with Crippen LogP contribution in [0.4, 0.5) is 4.39 Å². The van der Waals surface area contributed by atoms with E-state index in [0.717, 1.165) is 31.5 Å². The zero-order valence-corrected chi connectivity index (χ0v) is 11.0. The summed E-state index contributed by atoms with van der Waals surface area (Å²) in [5, 5.41) is 13.0. The van der Waals surface area contributed by atoms with Crippen LogP contribution in [0, 0.1) is 5.82 Å². The quantitative estimate of drug-likeness (QED) is 0.876. The van der Waals surface area contributed by atoms with Gasteiger partial charge in [-0.1, -0.05) is 6.92 Å². The van der Waals surface area contributed by atoms with Gasteiger partial charge in [-0.3, -0.25) is 4.79 Å². The van der Waals surface area contributed by atoms with Crippen molar-refractivity contribution in [1.82, 2.24) is 10.2 Å². The highest BCUT2D eigenvalue weighted by molar-refractivity contribution is 5.96. The second kappa shape index (κ2) is 6.02. The Morgan fingerprint density at radius 2 is 2.16 bits per heavy atom. The number of carbonyl (C=O) groups excluding carboxylic acids is 1. The van der Waals surface area contributed by atoms with Crippen molar-refractivity contribution < 1.29 is 14.3 Å². The molecule has 0 bridgehead atoms. The van der Waals surface area contributed by atoms with E-state index in [2.05, 4.69) is 12.2 Å². The number of hydrogen-bond acceptors (Lipinski definition) is 3. The molecule has 1 aliphatic heterocycles. The van der Waals surface area contributed by atoms with Crippen molar-refractivity contribution in [3.63, 3.8) is 0 Å². The molecule has 0 unspecified atom stereocenters. The van der Waals surface area contributed by atoms with Crippen LogP contribution < -0.4 is 5.32 Å². The summed E-state index contributed by atoms with van der Waals surface area (Å²) in [5.74, 6) is -0.976. The molecule has 1 amide bonds. The zero-order chi connectivity index (χ0) is 13.8. The van der Waals surface area contributed by atoms with E-state index in [-0.39, 0.29) is 17.2 Å². The smallest absolute Gasteiger partial charge is 0.257 e. The second-order valence-electron chi connectivity index (χ2n) is 4.79. The first-order chi connectivity index (χ1) is 9.11. The Bertz CT molecular complexity index is 457. The SMILES string of the molecule is CCNC1CCN(C(=O)c2cc(F)ccc2O)CC1. The summed E-state index contributed by atoms with van der Waals surface area (Å²) >= 11 is 0. The highest BCUT2D eigenvalue weighted by Crippen LogP contribution is 2.21. The number of phenols is 1. The van der Waals surface area contributed by atoms with Crippen LogP contribution in [0.5, 0.6) is 5.75 Å². The molecule has 1 heterocycles. The number of halogens is 1. The first-order valence-electron chi connectivity index (χ1n) is 6.63. The molecule has 4 nitrogen and oxygen atoms in total. The van der Waals surface area contributed by atoms with Gasteiger partial charge in [0.1, 0.15) is 11.6 Å². The molecule has 0 atom stereocenters. The van der Waals surface area contributed by atoms with Gasteiger partial charge < -0.3 is 15.3 Å². The zero-order valence-electron chi connectivity index (χ0n) is 11.0. The standard InChI is InChI=1S/C14H19FN2O2/c1-2-16-11-5-7-17(8-6-11)14(19)12-9-10(15)3-4-13(12)18/h3-4,9,11,16,18H,2,5-8H2,1H3. The van der Waals surface area contributed by atoms with Gasteiger partial charge in [0.2, 0.25) is 0 Å². The summed E-state index contributed by atoms with van der Waals surface area (Å²) in [6.07, 6.45) is 1.77. The van der Waals surface area contributed by atoms with Crippen LogP contribution in [-0.2, 0) is 0 Å². The molecular formula is C14H19FN2O2. The molecule has 0 aliphatic carbocycles. The molecular weight excluding hydrogens is 247 g/mol. The third-order valence-corrected chi connectivity index (χ3v) is 3.46. The molecule has 104 valence electrons. The number of phenolic OH excluding ortho intramolecular Hbond substituents is 1. The van der Waals surface area contributed by atoms with Crippen LogP contribution in [0.1, 0.15) is 30.1 Å². The monoisotopic (exact) mass is 266 g/mol. The van der Waals surface area contributed by atoms with Gasteiger partial charge in [0, 0.05) is 19.1 Å². The minimum Gasteiger partial charge on any atom is -0.507 e. The van der Waals surface area contributed by atoms with E-state index in [1.807, 2.05) is 0 Å². The van der Waals surface area contributed by atoms with Gasteiger partial charge in [0.15, 0.2) is 0 Å². The lowest BCUT2D eigenvalue weighted by atomic mass is 10.0. The molecule has 2 N–H and O–H groups in total. The molecule has 2 rings (SSSR count). The lowest BCUT2D eigenvalue weighted by Crippen LogP contribution is -2.44. The number of hydrogen-bond donors (Lipinski definition) is 2. The third-order valence-electron chi connectivity index (χ3n) is 3.46. The molecule has 0 saturated carbocycles. The maximum absolute atomic E-state index is 13.1. The summed E-state index contributed by atoms with van der Waals surface area (Å²) in [6.45, 7) is 4.24. The van der Waals surface area contributed by atoms with Crippen molar-refractivity contribution in [2.45, 2.75) is 25.8 Å². The van der Waals surface area contributed by atoms with E-state index in [0.29, 0.717) is 19.1 Å². The number of nitrogens with zero attached hydrogens (tertiary/aromatic N) is 1. The van der Waals surface area contributed by atoms with Gasteiger partial charge in [-0.05, 0) is 37.6 Å². The number of likely N-dealkylation sites (tertiary alicyclic amines) is 1. The molecule has 1 saturated heterocycles. The maximum Gasteiger partial charge on any atom is 0.257 e. The van der Waals surface area contributed by atoms with Crippen LogP contribution in [0.15, 0.2) is 18.2 Å². The van der Waals surface area contributed by atoms with Gasteiger partial charge in [0.05, 0.1) is 5.56 Å². The van der Waals surface area contributed by atoms with Crippen LogP contribution in [-0.4, -0.2) is 41.6 Å². The largest absolute Gasteiger partial charge is 0.507 e. The van der Waals surface area contributed by atoms with Crippen molar-refractivity contribution in [2.75, 3.05) is 19.6 Å². The van der Waals surface area contributed by atoms with E-state index in [4.69, 9.17) is 0 Å². The first-order valence-corrected chi connectivity index (χ1v) is 6.63. The number of carbonyl (C=O) groups is 1. The van der Waals surface area contributed by atoms with Crippen molar-refractivity contribution in [3.8, 4) is 5.75 Å². The van der Waals surface area contributed by atoms with Crippen LogP contribution in [0.3, 0.4) is 0 Å². The lowest BCUT2D eigenvalue weighted by Gasteiger charge is -2.32. The lowest BCUT2D eigenvalue weighted by molar-refractivity contribution is 0.0702. The van der Waals surface area contributed by atoms with Gasteiger partial charge in [-0.15, -0.1) is 0 Å². The maximum atomic E-state index is 13.1.